The van der Waals surface area contributed by atoms with Crippen LogP contribution < -0.4 is 10.5 Å². The Kier molecular flexibility index (Phi) is 5.26. The Labute approximate surface area is 185 Å². The van der Waals surface area contributed by atoms with Crippen molar-refractivity contribution in [1.82, 2.24) is 19.3 Å². The van der Waals surface area contributed by atoms with Gasteiger partial charge in [-0.1, -0.05) is 17.3 Å². The number of anilines is 1. The fourth-order valence-corrected chi connectivity index (χ4v) is 5.98. The molecule has 1 fully saturated rings. The van der Waals surface area contributed by atoms with Gasteiger partial charge in [-0.3, -0.25) is 9.59 Å². The molecule has 2 aliphatic rings. The van der Waals surface area contributed by atoms with Crippen molar-refractivity contribution in [3.8, 4) is 0 Å². The minimum atomic E-state index is -3.52. The molecule has 0 saturated carbocycles. The molecule has 0 atom stereocenters. The molecule has 10 heteroatoms. The molecule has 1 amide bonds. The zero-order chi connectivity index (χ0) is 22.3. The van der Waals surface area contributed by atoms with Crippen LogP contribution in [-0.4, -0.2) is 53.3 Å². The van der Waals surface area contributed by atoms with Crippen LogP contribution in [0, 0.1) is 0 Å². The predicted octanol–water partition coefficient (Wildman–Crippen LogP) is 1.56. The Morgan fingerprint density at radius 3 is 2.59 bits per heavy atom. The Bertz CT molecular complexity index is 1360. The molecule has 0 spiro atoms. The summed E-state index contributed by atoms with van der Waals surface area (Å²) in [5.74, 6) is -0.284. The lowest BCUT2D eigenvalue weighted by atomic mass is 10.0. The molecular formula is C22H23N5O4S. The predicted molar refractivity (Wildman–Crippen MR) is 119 cm³/mol. The van der Waals surface area contributed by atoms with Gasteiger partial charge in [-0.25, -0.2) is 13.1 Å². The molecule has 0 aliphatic carbocycles. The summed E-state index contributed by atoms with van der Waals surface area (Å²) in [6.45, 7) is 1.36. The smallest absolute Gasteiger partial charge is 0.278 e. The molecular weight excluding hydrogens is 430 g/mol. The Hall–Kier alpha value is -3.11. The van der Waals surface area contributed by atoms with Crippen LogP contribution in [0.5, 0.6) is 0 Å². The number of hydrogen-bond acceptors (Lipinski definition) is 6. The van der Waals surface area contributed by atoms with Gasteiger partial charge in [0.25, 0.3) is 5.56 Å². The van der Waals surface area contributed by atoms with E-state index in [0.29, 0.717) is 49.1 Å². The first kappa shape index (κ1) is 20.8. The maximum atomic E-state index is 13.1. The van der Waals surface area contributed by atoms with E-state index in [1.165, 1.54) is 4.31 Å². The van der Waals surface area contributed by atoms with Crippen LogP contribution >= 0.6 is 0 Å². The minimum Gasteiger partial charge on any atom is -0.311 e. The number of hydrogen-bond donors (Lipinski definition) is 0. The van der Waals surface area contributed by atoms with E-state index in [1.807, 2.05) is 0 Å². The first-order chi connectivity index (χ1) is 15.4. The van der Waals surface area contributed by atoms with Crippen LogP contribution in [0.3, 0.4) is 0 Å². The van der Waals surface area contributed by atoms with E-state index in [0.717, 1.165) is 23.1 Å². The van der Waals surface area contributed by atoms with Crippen LogP contribution in [-0.2, 0) is 27.8 Å². The summed E-state index contributed by atoms with van der Waals surface area (Å²) in [6, 6.07) is 11.8. The molecule has 0 radical (unpaired) electrons. The SMILES string of the molecule is O=C(Cn1nnc2ccccc2c1=O)N1CCCc2cc(S(=O)(=O)N3CCCC3)ccc21. The normalized spacial score (nSPS) is 16.9. The van der Waals surface area contributed by atoms with Crippen molar-refractivity contribution < 1.29 is 13.2 Å². The van der Waals surface area contributed by atoms with Crippen LogP contribution in [0.25, 0.3) is 10.9 Å². The summed E-state index contributed by atoms with van der Waals surface area (Å²) >= 11 is 0. The molecule has 32 heavy (non-hydrogen) atoms. The van der Waals surface area contributed by atoms with Crippen LogP contribution in [0.4, 0.5) is 5.69 Å². The van der Waals surface area contributed by atoms with Gasteiger partial charge >= 0.3 is 0 Å². The summed E-state index contributed by atoms with van der Waals surface area (Å²) in [4.78, 5) is 27.6. The fourth-order valence-electron chi connectivity index (χ4n) is 4.41. The molecule has 2 aliphatic heterocycles. The first-order valence-corrected chi connectivity index (χ1v) is 12.2. The van der Waals surface area contributed by atoms with Crippen LogP contribution in [0.2, 0.25) is 0 Å². The lowest BCUT2D eigenvalue weighted by Gasteiger charge is -2.30. The third-order valence-electron chi connectivity index (χ3n) is 6.09. The summed E-state index contributed by atoms with van der Waals surface area (Å²) in [5, 5.41) is 8.35. The topological polar surface area (TPSA) is 105 Å². The van der Waals surface area contributed by atoms with E-state index in [9.17, 15) is 18.0 Å². The molecule has 0 bridgehead atoms. The summed E-state index contributed by atoms with van der Waals surface area (Å²) in [7, 11) is -3.52. The molecule has 0 unspecified atom stereocenters. The van der Waals surface area contributed by atoms with E-state index < -0.39 is 10.0 Å². The highest BCUT2D eigenvalue weighted by molar-refractivity contribution is 7.89. The molecule has 1 aromatic heterocycles. The van der Waals surface area contributed by atoms with Crippen molar-refractivity contribution in [2.45, 2.75) is 37.1 Å². The Balaban J connectivity index is 1.42. The number of nitrogens with zero attached hydrogens (tertiary/aromatic N) is 5. The van der Waals surface area contributed by atoms with Gasteiger partial charge in [0.1, 0.15) is 12.1 Å². The molecule has 3 aromatic rings. The van der Waals surface area contributed by atoms with Crippen LogP contribution in [0.1, 0.15) is 24.8 Å². The molecule has 0 N–H and O–H groups in total. The van der Waals surface area contributed by atoms with Gasteiger partial charge in [-0.05, 0) is 61.6 Å². The lowest BCUT2D eigenvalue weighted by molar-refractivity contribution is -0.119. The molecule has 2 aromatic carbocycles. The van der Waals surface area contributed by atoms with E-state index in [-0.39, 0.29) is 22.9 Å². The maximum Gasteiger partial charge on any atom is 0.278 e. The fraction of sp³-hybridized carbons (Fsp3) is 0.364. The number of fused-ring (bicyclic) bond motifs is 2. The number of amides is 1. The standard InChI is InChI=1S/C22H23N5O4S/c28-21(15-27-22(29)18-7-1-2-8-19(18)23-24-27)26-13-5-6-16-14-17(9-10-20(16)26)32(30,31)25-11-3-4-12-25/h1-2,7-10,14H,3-6,11-13,15H2. The molecule has 1 saturated heterocycles. The van der Waals surface area contributed by atoms with Crippen molar-refractivity contribution >= 4 is 32.5 Å². The summed E-state index contributed by atoms with van der Waals surface area (Å²) < 4.78 is 28.4. The van der Waals surface area contributed by atoms with Gasteiger partial charge in [0.15, 0.2) is 0 Å². The Morgan fingerprint density at radius 1 is 1.00 bits per heavy atom. The molecule has 166 valence electrons. The number of benzene rings is 2. The summed E-state index contributed by atoms with van der Waals surface area (Å²) in [6.07, 6.45) is 3.16. The highest BCUT2D eigenvalue weighted by atomic mass is 32.2. The van der Waals surface area contributed by atoms with E-state index in [4.69, 9.17) is 0 Å². The number of carbonyl (C=O) groups is 1. The summed E-state index contributed by atoms with van der Waals surface area (Å²) in [5.41, 5.74) is 1.62. The molecule has 9 nitrogen and oxygen atoms in total. The number of rotatable bonds is 4. The van der Waals surface area contributed by atoms with Gasteiger partial charge in [-0.2, -0.15) is 4.31 Å². The molecule has 5 rings (SSSR count). The monoisotopic (exact) mass is 453 g/mol. The third-order valence-corrected chi connectivity index (χ3v) is 7.98. The highest BCUT2D eigenvalue weighted by Crippen LogP contribution is 2.31. The van der Waals surface area contributed by atoms with E-state index >= 15 is 0 Å². The van der Waals surface area contributed by atoms with Crippen molar-refractivity contribution in [2.75, 3.05) is 24.5 Å². The second-order valence-corrected chi connectivity index (χ2v) is 10.1. The lowest BCUT2D eigenvalue weighted by Crippen LogP contribution is -2.40. The van der Waals surface area contributed by atoms with Crippen molar-refractivity contribution in [1.29, 1.82) is 0 Å². The average Bonchev–Trinajstić information content (AvgIpc) is 3.36. The first-order valence-electron chi connectivity index (χ1n) is 10.7. The zero-order valence-electron chi connectivity index (χ0n) is 17.5. The molecule has 3 heterocycles. The van der Waals surface area contributed by atoms with Gasteiger partial charge in [0.05, 0.1) is 10.3 Å². The second-order valence-electron chi connectivity index (χ2n) is 8.12. The van der Waals surface area contributed by atoms with Gasteiger partial charge in [-0.15, -0.1) is 5.10 Å². The second kappa shape index (κ2) is 8.10. The number of aromatic nitrogens is 3. The van der Waals surface area contributed by atoms with E-state index in [1.54, 1.807) is 47.4 Å². The third kappa shape index (κ3) is 3.59. The minimum absolute atomic E-state index is 0.232. The number of sulfonamides is 1. The largest absolute Gasteiger partial charge is 0.311 e. The van der Waals surface area contributed by atoms with Crippen molar-refractivity contribution in [3.05, 3.63) is 58.4 Å². The van der Waals surface area contributed by atoms with Gasteiger partial charge in [0, 0.05) is 25.3 Å². The van der Waals surface area contributed by atoms with Crippen molar-refractivity contribution in [2.24, 2.45) is 0 Å². The highest BCUT2D eigenvalue weighted by Gasteiger charge is 2.30. The maximum absolute atomic E-state index is 13.1. The van der Waals surface area contributed by atoms with Gasteiger partial charge < -0.3 is 4.90 Å². The quantitative estimate of drug-likeness (QED) is 0.594. The Morgan fingerprint density at radius 2 is 1.78 bits per heavy atom. The van der Waals surface area contributed by atoms with Gasteiger partial charge in [0.2, 0.25) is 15.9 Å². The number of aryl methyl sites for hydroxylation is 1. The van der Waals surface area contributed by atoms with E-state index in [2.05, 4.69) is 10.3 Å². The van der Waals surface area contributed by atoms with Crippen LogP contribution in [0.15, 0.2) is 52.2 Å². The van der Waals surface area contributed by atoms with Crippen molar-refractivity contribution in [3.63, 3.8) is 0 Å². The zero-order valence-corrected chi connectivity index (χ0v) is 18.3. The number of carbonyl (C=O) groups excluding carboxylic acids is 1. The average molecular weight is 454 g/mol.